The van der Waals surface area contributed by atoms with Crippen LogP contribution in [0.1, 0.15) is 18.1 Å². The van der Waals surface area contributed by atoms with Crippen molar-refractivity contribution in [3.05, 3.63) is 47.8 Å². The molecule has 1 aliphatic rings. The zero-order chi connectivity index (χ0) is 19.0. The molecule has 0 amide bonds. The lowest BCUT2D eigenvalue weighted by atomic mass is 9.83. The van der Waals surface area contributed by atoms with E-state index >= 15 is 0 Å². The molecule has 8 heteroatoms. The van der Waals surface area contributed by atoms with Crippen LogP contribution in [-0.4, -0.2) is 32.8 Å². The zero-order valence-corrected chi connectivity index (χ0v) is 15.2. The van der Waals surface area contributed by atoms with E-state index in [1.807, 2.05) is 31.4 Å². The van der Waals surface area contributed by atoms with Crippen molar-refractivity contribution >= 4 is 17.5 Å². The molecule has 0 spiro atoms. The Kier molecular flexibility index (Phi) is 4.01. The van der Waals surface area contributed by atoms with Gasteiger partial charge in [-0.05, 0) is 23.8 Å². The molecule has 0 fully saturated rings. The average molecular weight is 360 g/mol. The third-order valence-electron chi connectivity index (χ3n) is 4.92. The minimum atomic E-state index is -0.209. The Bertz CT molecular complexity index is 1050. The van der Waals surface area contributed by atoms with Gasteiger partial charge >= 0.3 is 0 Å². The Hall–Kier alpha value is -3.44. The molecular formula is C19H20N8. The summed E-state index contributed by atoms with van der Waals surface area (Å²) in [5.74, 6) is 1.12. The summed E-state index contributed by atoms with van der Waals surface area (Å²) in [5, 5.41) is 20.3. The minimum Gasteiger partial charge on any atom is -0.383 e. The Morgan fingerprint density at radius 2 is 2.26 bits per heavy atom. The molecule has 0 unspecified atom stereocenters. The molecule has 0 aliphatic carbocycles. The van der Waals surface area contributed by atoms with Crippen molar-refractivity contribution in [1.82, 2.24) is 19.7 Å². The van der Waals surface area contributed by atoms with Crippen LogP contribution in [0, 0.1) is 11.3 Å². The molecule has 0 radical (unpaired) electrons. The Morgan fingerprint density at radius 1 is 1.41 bits per heavy atom. The second kappa shape index (κ2) is 6.37. The van der Waals surface area contributed by atoms with Crippen molar-refractivity contribution < 1.29 is 0 Å². The number of fused-ring (bicyclic) bond motifs is 1. The van der Waals surface area contributed by atoms with Gasteiger partial charge in [-0.2, -0.15) is 10.4 Å². The molecule has 8 nitrogen and oxygen atoms in total. The number of hydrogen-bond acceptors (Lipinski definition) is 7. The maximum absolute atomic E-state index is 9.59. The predicted octanol–water partition coefficient (Wildman–Crippen LogP) is 2.13. The topological polar surface area (TPSA) is 117 Å². The van der Waals surface area contributed by atoms with Crippen molar-refractivity contribution in [3.8, 4) is 17.3 Å². The third-order valence-corrected chi connectivity index (χ3v) is 4.92. The highest BCUT2D eigenvalue weighted by Gasteiger charge is 2.35. The number of anilines is 3. The number of rotatable bonds is 4. The number of nitrogens with two attached hydrogens (primary N) is 1. The monoisotopic (exact) mass is 360 g/mol. The summed E-state index contributed by atoms with van der Waals surface area (Å²) in [7, 11) is 1.85. The Balaban J connectivity index is 1.75. The number of benzene rings is 1. The highest BCUT2D eigenvalue weighted by molar-refractivity contribution is 5.76. The molecule has 4 rings (SSSR count). The van der Waals surface area contributed by atoms with Gasteiger partial charge in [0.15, 0.2) is 5.82 Å². The van der Waals surface area contributed by atoms with Crippen molar-refractivity contribution in [2.24, 2.45) is 12.8 Å². The van der Waals surface area contributed by atoms with E-state index < -0.39 is 0 Å². The van der Waals surface area contributed by atoms with Crippen LogP contribution in [0.4, 0.5) is 17.5 Å². The van der Waals surface area contributed by atoms with Gasteiger partial charge in [-0.3, -0.25) is 4.68 Å². The SMILES string of the molecule is Cn1ccc(Nc2nccc(-c3cc(C#N)c4c(c3)[C@](C)(CN)CN4)n2)n1. The van der Waals surface area contributed by atoms with E-state index in [0.29, 0.717) is 30.4 Å². The smallest absolute Gasteiger partial charge is 0.228 e. The molecule has 0 saturated heterocycles. The largest absolute Gasteiger partial charge is 0.383 e. The fraction of sp³-hybridized carbons (Fsp3) is 0.263. The summed E-state index contributed by atoms with van der Waals surface area (Å²) in [5.41, 5.74) is 9.91. The van der Waals surface area contributed by atoms with Gasteiger partial charge in [0.25, 0.3) is 0 Å². The van der Waals surface area contributed by atoms with Gasteiger partial charge in [-0.1, -0.05) is 6.92 Å². The van der Waals surface area contributed by atoms with Crippen molar-refractivity contribution in [2.75, 3.05) is 23.7 Å². The lowest BCUT2D eigenvalue weighted by Crippen LogP contribution is -2.33. The molecule has 3 aromatic rings. The van der Waals surface area contributed by atoms with Crippen LogP contribution in [-0.2, 0) is 12.5 Å². The third kappa shape index (κ3) is 2.98. The molecule has 3 heterocycles. The van der Waals surface area contributed by atoms with E-state index in [-0.39, 0.29) is 5.41 Å². The van der Waals surface area contributed by atoms with Crippen molar-refractivity contribution in [1.29, 1.82) is 5.26 Å². The molecule has 136 valence electrons. The van der Waals surface area contributed by atoms with Gasteiger partial charge in [0.2, 0.25) is 5.95 Å². The van der Waals surface area contributed by atoms with Gasteiger partial charge < -0.3 is 16.4 Å². The Morgan fingerprint density at radius 3 is 2.96 bits per heavy atom. The number of aryl methyl sites for hydroxylation is 1. The van der Waals surface area contributed by atoms with Crippen LogP contribution in [0.15, 0.2) is 36.7 Å². The lowest BCUT2D eigenvalue weighted by molar-refractivity contribution is 0.536. The van der Waals surface area contributed by atoms with E-state index in [0.717, 1.165) is 22.5 Å². The van der Waals surface area contributed by atoms with E-state index in [1.54, 1.807) is 10.9 Å². The minimum absolute atomic E-state index is 0.209. The summed E-state index contributed by atoms with van der Waals surface area (Å²) < 4.78 is 1.70. The van der Waals surface area contributed by atoms with Gasteiger partial charge in [-0.15, -0.1) is 0 Å². The summed E-state index contributed by atoms with van der Waals surface area (Å²) in [6, 6.07) is 9.87. The van der Waals surface area contributed by atoms with Crippen molar-refractivity contribution in [3.63, 3.8) is 0 Å². The van der Waals surface area contributed by atoms with Gasteiger partial charge in [0.05, 0.1) is 16.9 Å². The van der Waals surface area contributed by atoms with E-state index in [9.17, 15) is 5.26 Å². The maximum atomic E-state index is 9.59. The fourth-order valence-electron chi connectivity index (χ4n) is 3.28. The van der Waals surface area contributed by atoms with Crippen LogP contribution in [0.25, 0.3) is 11.3 Å². The maximum Gasteiger partial charge on any atom is 0.228 e. The van der Waals surface area contributed by atoms with E-state index in [4.69, 9.17) is 5.73 Å². The summed E-state index contributed by atoms with van der Waals surface area (Å²) in [6.07, 6.45) is 3.53. The second-order valence-corrected chi connectivity index (χ2v) is 6.94. The van der Waals surface area contributed by atoms with Crippen LogP contribution in [0.3, 0.4) is 0 Å². The second-order valence-electron chi connectivity index (χ2n) is 6.94. The number of hydrogen-bond donors (Lipinski definition) is 3. The summed E-state index contributed by atoms with van der Waals surface area (Å²) in [6.45, 7) is 3.32. The number of aromatic nitrogens is 4. The predicted molar refractivity (Wildman–Crippen MR) is 104 cm³/mol. The molecule has 1 atom stereocenters. The summed E-state index contributed by atoms with van der Waals surface area (Å²) in [4.78, 5) is 8.85. The first kappa shape index (κ1) is 17.0. The van der Waals surface area contributed by atoms with Crippen LogP contribution < -0.4 is 16.4 Å². The summed E-state index contributed by atoms with van der Waals surface area (Å²) >= 11 is 0. The number of nitrogens with zero attached hydrogens (tertiary/aromatic N) is 5. The molecule has 1 aromatic carbocycles. The van der Waals surface area contributed by atoms with Gasteiger partial charge in [0, 0.05) is 49.6 Å². The quantitative estimate of drug-likeness (QED) is 0.652. The van der Waals surface area contributed by atoms with Gasteiger partial charge in [0.1, 0.15) is 6.07 Å². The first-order chi connectivity index (χ1) is 13.0. The zero-order valence-electron chi connectivity index (χ0n) is 15.2. The molecule has 4 N–H and O–H groups in total. The van der Waals surface area contributed by atoms with Crippen LogP contribution in [0.2, 0.25) is 0 Å². The molecular weight excluding hydrogens is 340 g/mol. The number of nitrogens with one attached hydrogen (secondary N) is 2. The Labute approximate surface area is 157 Å². The van der Waals surface area contributed by atoms with Crippen LogP contribution >= 0.6 is 0 Å². The number of nitriles is 1. The van der Waals surface area contributed by atoms with Gasteiger partial charge in [-0.25, -0.2) is 9.97 Å². The first-order valence-corrected chi connectivity index (χ1v) is 8.65. The highest BCUT2D eigenvalue weighted by Crippen LogP contribution is 2.40. The molecule has 0 saturated carbocycles. The van der Waals surface area contributed by atoms with Crippen LogP contribution in [0.5, 0.6) is 0 Å². The van der Waals surface area contributed by atoms with E-state index in [2.05, 4.69) is 44.8 Å². The fourth-order valence-corrected chi connectivity index (χ4v) is 3.28. The average Bonchev–Trinajstić information content (AvgIpc) is 3.25. The molecule has 0 bridgehead atoms. The molecule has 27 heavy (non-hydrogen) atoms. The molecule has 2 aromatic heterocycles. The standard InChI is InChI=1S/C19H20N8/c1-19(10-21)11-23-17-13(9-20)7-12(8-14(17)19)15-3-5-22-18(24-15)25-16-4-6-27(2)26-16/h3-8,23H,10-11,21H2,1-2H3,(H,22,24,25,26)/t19-/m1/s1. The molecule has 1 aliphatic heterocycles. The van der Waals surface area contributed by atoms with Crippen molar-refractivity contribution in [2.45, 2.75) is 12.3 Å². The normalized spacial score (nSPS) is 17.9. The first-order valence-electron chi connectivity index (χ1n) is 8.65. The van der Waals surface area contributed by atoms with E-state index in [1.165, 1.54) is 0 Å². The lowest BCUT2D eigenvalue weighted by Gasteiger charge is -2.22. The highest BCUT2D eigenvalue weighted by atomic mass is 15.3.